The topological polar surface area (TPSA) is 29.1 Å². The minimum atomic E-state index is 0.0313. The van der Waals surface area contributed by atoms with Crippen molar-refractivity contribution < 1.29 is 4.79 Å². The van der Waals surface area contributed by atoms with E-state index in [1.54, 1.807) is 0 Å². The summed E-state index contributed by atoms with van der Waals surface area (Å²) in [6, 6.07) is 9.90. The Kier molecular flexibility index (Phi) is 4.61. The smallest absolute Gasteiger partial charge is 0.247 e. The largest absolute Gasteiger partial charge is 0.353 e. The van der Waals surface area contributed by atoms with Crippen LogP contribution < -0.4 is 5.32 Å². The lowest BCUT2D eigenvalue weighted by molar-refractivity contribution is -0.117. The fourth-order valence-electron chi connectivity index (χ4n) is 1.35. The number of likely N-dealkylation sites (N-methyl/N-ethyl adjacent to an activating group) is 1. The van der Waals surface area contributed by atoms with E-state index in [0.29, 0.717) is 6.54 Å². The van der Waals surface area contributed by atoms with Crippen LogP contribution in [0.1, 0.15) is 25.8 Å². The summed E-state index contributed by atoms with van der Waals surface area (Å²) >= 11 is 0. The standard InChI is InChI=1S/C13H17NO/c1-3-12(13(15)14-4-2)10-11-8-6-5-7-9-11/h5-10H,3-4H2,1-2H3,(H,14,15)/b12-10-. The highest BCUT2D eigenvalue weighted by atomic mass is 16.1. The van der Waals surface area contributed by atoms with Gasteiger partial charge in [0.2, 0.25) is 5.91 Å². The summed E-state index contributed by atoms with van der Waals surface area (Å²) in [6.45, 7) is 4.59. The third-order valence-electron chi connectivity index (χ3n) is 2.15. The van der Waals surface area contributed by atoms with Crippen LogP contribution in [0.25, 0.3) is 6.08 Å². The molecule has 1 aromatic carbocycles. The van der Waals surface area contributed by atoms with Crippen LogP contribution in [-0.2, 0) is 4.79 Å². The molecule has 0 saturated carbocycles. The summed E-state index contributed by atoms with van der Waals surface area (Å²) in [5.74, 6) is 0.0313. The molecular weight excluding hydrogens is 186 g/mol. The van der Waals surface area contributed by atoms with Gasteiger partial charge in [-0.25, -0.2) is 0 Å². The summed E-state index contributed by atoms with van der Waals surface area (Å²) in [5, 5.41) is 2.81. The maximum Gasteiger partial charge on any atom is 0.247 e. The molecule has 0 fully saturated rings. The van der Waals surface area contributed by atoms with Crippen LogP contribution in [0.4, 0.5) is 0 Å². The predicted molar refractivity (Wildman–Crippen MR) is 63.4 cm³/mol. The SMILES string of the molecule is CCNC(=O)/C(=C\c1ccccc1)CC. The molecule has 0 aromatic heterocycles. The molecule has 1 rings (SSSR count). The molecule has 2 heteroatoms. The van der Waals surface area contributed by atoms with Crippen LogP contribution in [0.5, 0.6) is 0 Å². The molecule has 0 atom stereocenters. The molecule has 1 amide bonds. The Hall–Kier alpha value is -1.57. The first kappa shape index (κ1) is 11.5. The number of carbonyl (C=O) groups excluding carboxylic acids is 1. The third-order valence-corrected chi connectivity index (χ3v) is 2.15. The molecule has 0 unspecified atom stereocenters. The number of benzene rings is 1. The molecule has 0 saturated heterocycles. The predicted octanol–water partition coefficient (Wildman–Crippen LogP) is 2.62. The highest BCUT2D eigenvalue weighted by Crippen LogP contribution is 2.09. The Labute approximate surface area is 91.0 Å². The summed E-state index contributed by atoms with van der Waals surface area (Å²) in [5.41, 5.74) is 1.89. The monoisotopic (exact) mass is 203 g/mol. The van der Waals surface area contributed by atoms with Crippen molar-refractivity contribution in [3.8, 4) is 0 Å². The molecule has 0 aliphatic heterocycles. The van der Waals surface area contributed by atoms with E-state index in [1.165, 1.54) is 0 Å². The lowest BCUT2D eigenvalue weighted by Crippen LogP contribution is -2.24. The molecule has 0 aliphatic rings. The number of hydrogen-bond acceptors (Lipinski definition) is 1. The molecular formula is C13H17NO. The Balaban J connectivity index is 2.83. The number of rotatable bonds is 4. The van der Waals surface area contributed by atoms with Gasteiger partial charge in [-0.2, -0.15) is 0 Å². The van der Waals surface area contributed by atoms with Crippen LogP contribution in [0.2, 0.25) is 0 Å². The van der Waals surface area contributed by atoms with Gasteiger partial charge in [0.15, 0.2) is 0 Å². The van der Waals surface area contributed by atoms with Gasteiger partial charge in [-0.1, -0.05) is 37.3 Å². The van der Waals surface area contributed by atoms with E-state index in [9.17, 15) is 4.79 Å². The van der Waals surface area contributed by atoms with Gasteiger partial charge in [0.25, 0.3) is 0 Å². The van der Waals surface area contributed by atoms with Crippen molar-refractivity contribution in [1.29, 1.82) is 0 Å². The van der Waals surface area contributed by atoms with Gasteiger partial charge in [0.1, 0.15) is 0 Å². The number of amides is 1. The zero-order valence-corrected chi connectivity index (χ0v) is 9.29. The second-order valence-corrected chi connectivity index (χ2v) is 3.29. The maximum atomic E-state index is 11.6. The average Bonchev–Trinajstić information content (AvgIpc) is 2.27. The van der Waals surface area contributed by atoms with Crippen molar-refractivity contribution in [3.05, 3.63) is 41.5 Å². The van der Waals surface area contributed by atoms with Crippen LogP contribution in [0.3, 0.4) is 0 Å². The van der Waals surface area contributed by atoms with Gasteiger partial charge >= 0.3 is 0 Å². The zero-order valence-electron chi connectivity index (χ0n) is 9.29. The van der Waals surface area contributed by atoms with E-state index in [1.807, 2.05) is 50.3 Å². The van der Waals surface area contributed by atoms with Crippen molar-refractivity contribution in [2.24, 2.45) is 0 Å². The third kappa shape index (κ3) is 3.58. The van der Waals surface area contributed by atoms with E-state index in [0.717, 1.165) is 17.6 Å². The molecule has 0 spiro atoms. The Bertz CT molecular complexity index is 341. The van der Waals surface area contributed by atoms with Crippen molar-refractivity contribution in [3.63, 3.8) is 0 Å². The van der Waals surface area contributed by atoms with Crippen LogP contribution in [0.15, 0.2) is 35.9 Å². The molecule has 15 heavy (non-hydrogen) atoms. The minimum Gasteiger partial charge on any atom is -0.353 e. The Morgan fingerprint density at radius 2 is 1.93 bits per heavy atom. The highest BCUT2D eigenvalue weighted by Gasteiger charge is 2.04. The maximum absolute atomic E-state index is 11.6. The zero-order chi connectivity index (χ0) is 11.1. The summed E-state index contributed by atoms with van der Waals surface area (Å²) in [4.78, 5) is 11.6. The second kappa shape index (κ2) is 6.02. The van der Waals surface area contributed by atoms with E-state index >= 15 is 0 Å². The van der Waals surface area contributed by atoms with Crippen LogP contribution >= 0.6 is 0 Å². The molecule has 1 N–H and O–H groups in total. The van der Waals surface area contributed by atoms with Gasteiger partial charge in [-0.05, 0) is 25.0 Å². The molecule has 0 heterocycles. The van der Waals surface area contributed by atoms with Gasteiger partial charge < -0.3 is 5.32 Å². The molecule has 80 valence electrons. The van der Waals surface area contributed by atoms with E-state index < -0.39 is 0 Å². The van der Waals surface area contributed by atoms with Gasteiger partial charge in [-0.3, -0.25) is 4.79 Å². The van der Waals surface area contributed by atoms with Gasteiger partial charge in [-0.15, -0.1) is 0 Å². The molecule has 1 aromatic rings. The molecule has 0 aliphatic carbocycles. The first-order valence-electron chi connectivity index (χ1n) is 5.31. The molecule has 0 bridgehead atoms. The fraction of sp³-hybridized carbons (Fsp3) is 0.308. The lowest BCUT2D eigenvalue weighted by atomic mass is 10.1. The quantitative estimate of drug-likeness (QED) is 0.749. The number of carbonyl (C=O) groups is 1. The lowest BCUT2D eigenvalue weighted by Gasteiger charge is -2.04. The highest BCUT2D eigenvalue weighted by molar-refractivity contribution is 5.97. The van der Waals surface area contributed by atoms with Gasteiger partial charge in [0.05, 0.1) is 0 Å². The van der Waals surface area contributed by atoms with Crippen molar-refractivity contribution in [1.82, 2.24) is 5.32 Å². The van der Waals surface area contributed by atoms with E-state index in [4.69, 9.17) is 0 Å². The average molecular weight is 203 g/mol. The first-order valence-corrected chi connectivity index (χ1v) is 5.31. The fourth-order valence-corrected chi connectivity index (χ4v) is 1.35. The van der Waals surface area contributed by atoms with Crippen LogP contribution in [0, 0.1) is 0 Å². The number of hydrogen-bond donors (Lipinski definition) is 1. The summed E-state index contributed by atoms with van der Waals surface area (Å²) in [7, 11) is 0. The Morgan fingerprint density at radius 1 is 1.27 bits per heavy atom. The first-order chi connectivity index (χ1) is 7.27. The number of nitrogens with one attached hydrogen (secondary N) is 1. The second-order valence-electron chi connectivity index (χ2n) is 3.29. The van der Waals surface area contributed by atoms with Crippen LogP contribution in [-0.4, -0.2) is 12.5 Å². The molecule has 2 nitrogen and oxygen atoms in total. The Morgan fingerprint density at radius 3 is 2.47 bits per heavy atom. The summed E-state index contributed by atoms with van der Waals surface area (Å²) < 4.78 is 0. The summed E-state index contributed by atoms with van der Waals surface area (Å²) in [6.07, 6.45) is 2.69. The minimum absolute atomic E-state index is 0.0313. The van der Waals surface area contributed by atoms with Crippen molar-refractivity contribution in [2.75, 3.05) is 6.54 Å². The van der Waals surface area contributed by atoms with Gasteiger partial charge in [0, 0.05) is 12.1 Å². The van der Waals surface area contributed by atoms with Crippen molar-refractivity contribution >= 4 is 12.0 Å². The normalized spacial score (nSPS) is 11.2. The molecule has 0 radical (unpaired) electrons. The van der Waals surface area contributed by atoms with E-state index in [-0.39, 0.29) is 5.91 Å². The van der Waals surface area contributed by atoms with Crippen molar-refractivity contribution in [2.45, 2.75) is 20.3 Å². The van der Waals surface area contributed by atoms with E-state index in [2.05, 4.69) is 5.32 Å².